The summed E-state index contributed by atoms with van der Waals surface area (Å²) in [6, 6.07) is 6.04. The molecule has 6 rings (SSSR count). The van der Waals surface area contributed by atoms with Crippen molar-refractivity contribution < 1.29 is 14.8 Å². The molecule has 5 aliphatic rings. The third-order valence-corrected chi connectivity index (χ3v) is 7.89. The molecule has 1 aromatic carbocycles. The molecule has 4 saturated carbocycles. The summed E-state index contributed by atoms with van der Waals surface area (Å²) in [4.78, 5) is 13.4. The molecule has 0 amide bonds. The third-order valence-electron chi connectivity index (χ3n) is 7.89. The van der Waals surface area contributed by atoms with E-state index >= 15 is 0 Å². The average molecular weight is 402 g/mol. The molecule has 5 fully saturated rings. The summed E-state index contributed by atoms with van der Waals surface area (Å²) in [5.74, 6) is 2.40. The van der Waals surface area contributed by atoms with Gasteiger partial charge in [-0.15, -0.1) is 0 Å². The van der Waals surface area contributed by atoms with Crippen LogP contribution in [0.1, 0.15) is 44.9 Å². The molecule has 0 spiro atoms. The van der Waals surface area contributed by atoms with Gasteiger partial charge in [0.15, 0.2) is 5.75 Å². The van der Waals surface area contributed by atoms with Crippen LogP contribution in [0.4, 0.5) is 11.4 Å². The Kier molecular flexibility index (Phi) is 4.70. The van der Waals surface area contributed by atoms with E-state index in [1.807, 2.05) is 0 Å². The normalized spacial score (nSPS) is 36.9. The fourth-order valence-electron chi connectivity index (χ4n) is 7.05. The van der Waals surface area contributed by atoms with Crippen LogP contribution in [-0.2, 0) is 0 Å². The topological polar surface area (TPSA) is 87.9 Å². The fourth-order valence-corrected chi connectivity index (χ4v) is 7.05. The minimum atomic E-state index is -0.414. The van der Waals surface area contributed by atoms with Crippen molar-refractivity contribution in [3.8, 4) is 5.75 Å². The smallest absolute Gasteiger partial charge is 0.311 e. The number of nitrogens with one attached hydrogen (secondary N) is 1. The molecule has 29 heavy (non-hydrogen) atoms. The van der Waals surface area contributed by atoms with Crippen LogP contribution < -0.4 is 10.1 Å². The Morgan fingerprint density at radius 2 is 1.90 bits per heavy atom. The van der Waals surface area contributed by atoms with Gasteiger partial charge in [-0.1, -0.05) is 0 Å². The van der Waals surface area contributed by atoms with Crippen molar-refractivity contribution in [3.63, 3.8) is 0 Å². The summed E-state index contributed by atoms with van der Waals surface area (Å²) in [5.41, 5.74) is 0.515. The first-order valence-electron chi connectivity index (χ1n) is 11.0. The number of rotatable bonds is 5. The minimum Gasteiger partial charge on any atom is -0.490 e. The van der Waals surface area contributed by atoms with E-state index in [-0.39, 0.29) is 11.3 Å². The van der Waals surface area contributed by atoms with Crippen LogP contribution in [0.15, 0.2) is 18.2 Å². The van der Waals surface area contributed by atoms with Gasteiger partial charge in [-0.2, -0.15) is 0 Å². The van der Waals surface area contributed by atoms with Crippen LogP contribution in [-0.4, -0.2) is 52.8 Å². The highest BCUT2D eigenvalue weighted by atomic mass is 16.6. The number of aliphatic hydroxyl groups is 1. The number of hydrogen-bond acceptors (Lipinski definition) is 6. The molecule has 7 nitrogen and oxygen atoms in total. The molecule has 2 atom stereocenters. The van der Waals surface area contributed by atoms with Gasteiger partial charge >= 0.3 is 5.69 Å². The van der Waals surface area contributed by atoms with Crippen molar-refractivity contribution in [1.29, 1.82) is 0 Å². The lowest BCUT2D eigenvalue weighted by Crippen LogP contribution is -2.62. The first-order valence-corrected chi connectivity index (χ1v) is 11.0. The highest BCUT2D eigenvalue weighted by Gasteiger charge is 2.56. The fraction of sp³-hybridized carbons (Fsp3) is 0.727. The summed E-state index contributed by atoms with van der Waals surface area (Å²) in [7, 11) is 1.46. The van der Waals surface area contributed by atoms with Crippen molar-refractivity contribution in [2.75, 3.05) is 25.5 Å². The number of ether oxygens (including phenoxy) is 1. The van der Waals surface area contributed by atoms with Crippen LogP contribution in [0.2, 0.25) is 0 Å². The summed E-state index contributed by atoms with van der Waals surface area (Å²) >= 11 is 0. The summed E-state index contributed by atoms with van der Waals surface area (Å²) < 4.78 is 5.19. The van der Waals surface area contributed by atoms with Crippen LogP contribution in [0.3, 0.4) is 0 Å². The second-order valence-electron chi connectivity index (χ2n) is 9.78. The molecule has 2 N–H and O–H groups in total. The van der Waals surface area contributed by atoms with E-state index in [0.717, 1.165) is 56.8 Å². The van der Waals surface area contributed by atoms with Gasteiger partial charge in [0.05, 0.1) is 17.6 Å². The Bertz CT molecular complexity index is 776. The molecule has 1 heterocycles. The van der Waals surface area contributed by atoms with Crippen molar-refractivity contribution >= 4 is 11.4 Å². The zero-order chi connectivity index (χ0) is 20.2. The maximum absolute atomic E-state index is 11.1. The van der Waals surface area contributed by atoms with Crippen LogP contribution in [0, 0.1) is 27.9 Å². The number of nitrogens with zero attached hydrogens (tertiary/aromatic N) is 2. The van der Waals surface area contributed by atoms with Gasteiger partial charge in [0.25, 0.3) is 0 Å². The number of methoxy groups -OCH3 is 1. The molecule has 1 aromatic rings. The molecule has 1 saturated heterocycles. The molecule has 1 aliphatic heterocycles. The Hall–Kier alpha value is -1.86. The number of hydrogen-bond donors (Lipinski definition) is 2. The van der Waals surface area contributed by atoms with Gasteiger partial charge < -0.3 is 15.2 Å². The van der Waals surface area contributed by atoms with Gasteiger partial charge in [0.2, 0.25) is 0 Å². The zero-order valence-corrected chi connectivity index (χ0v) is 17.0. The van der Waals surface area contributed by atoms with E-state index < -0.39 is 4.92 Å². The maximum Gasteiger partial charge on any atom is 0.311 e. The second kappa shape index (κ2) is 7.13. The predicted molar refractivity (Wildman–Crippen MR) is 110 cm³/mol. The van der Waals surface area contributed by atoms with E-state index in [1.54, 1.807) is 12.1 Å². The average Bonchev–Trinajstić information content (AvgIpc) is 2.67. The largest absolute Gasteiger partial charge is 0.490 e. The van der Waals surface area contributed by atoms with E-state index in [1.165, 1.54) is 26.0 Å². The molecular weight excluding hydrogens is 370 g/mol. The molecule has 0 aromatic heterocycles. The predicted octanol–water partition coefficient (Wildman–Crippen LogP) is 3.42. The number of piperidine rings is 1. The van der Waals surface area contributed by atoms with Crippen LogP contribution >= 0.6 is 0 Å². The molecule has 158 valence electrons. The van der Waals surface area contributed by atoms with Crippen LogP contribution in [0.25, 0.3) is 0 Å². The highest BCUT2D eigenvalue weighted by molar-refractivity contribution is 5.58. The first-order chi connectivity index (χ1) is 13.9. The number of anilines is 1. The second-order valence-corrected chi connectivity index (χ2v) is 9.78. The van der Waals surface area contributed by atoms with Crippen molar-refractivity contribution in [2.45, 2.75) is 62.6 Å². The van der Waals surface area contributed by atoms with Crippen molar-refractivity contribution in [1.82, 2.24) is 4.90 Å². The lowest BCUT2D eigenvalue weighted by Gasteiger charge is -2.61. The van der Waals surface area contributed by atoms with E-state index in [0.29, 0.717) is 29.7 Å². The highest BCUT2D eigenvalue weighted by Crippen LogP contribution is 2.57. The quantitative estimate of drug-likeness (QED) is 0.581. The van der Waals surface area contributed by atoms with E-state index in [2.05, 4.69) is 10.2 Å². The van der Waals surface area contributed by atoms with E-state index in [4.69, 9.17) is 4.74 Å². The zero-order valence-electron chi connectivity index (χ0n) is 17.0. The van der Waals surface area contributed by atoms with Gasteiger partial charge in [0.1, 0.15) is 0 Å². The monoisotopic (exact) mass is 401 g/mol. The molecule has 4 aliphatic carbocycles. The standard InChI is InChI=1S/C22H31N3O4/c1-29-20-10-18(2-3-19(20)25(27)28)23-17-4-6-24(7-5-17)21-15-8-14-9-16(21)13-22(26,11-14)12-15/h2-3,10,14-17,21,23,26H,4-9,11-13H2,1H3/t14?,15?,16?,21-,22+. The third kappa shape index (κ3) is 3.48. The number of nitro groups is 1. The van der Waals surface area contributed by atoms with Gasteiger partial charge in [-0.3, -0.25) is 15.0 Å². The summed E-state index contributed by atoms with van der Waals surface area (Å²) in [6.45, 7) is 2.17. The van der Waals surface area contributed by atoms with Crippen molar-refractivity contribution in [2.24, 2.45) is 17.8 Å². The SMILES string of the molecule is COc1cc(NC2CCN([C@H]3C4CC5CC3C[C@@](O)(C5)C4)CC2)ccc1[N+](=O)[O-]. The number of nitro benzene ring substituents is 1. The maximum atomic E-state index is 11.1. The Labute approximate surface area is 171 Å². The van der Waals surface area contributed by atoms with Crippen molar-refractivity contribution in [3.05, 3.63) is 28.3 Å². The lowest BCUT2D eigenvalue weighted by molar-refractivity contribution is -0.385. The molecule has 0 radical (unpaired) electrons. The molecule has 4 bridgehead atoms. The molecule has 7 heteroatoms. The minimum absolute atomic E-state index is 0.00332. The van der Waals surface area contributed by atoms with E-state index in [9.17, 15) is 15.2 Å². The number of likely N-dealkylation sites (tertiary alicyclic amines) is 1. The first kappa shape index (κ1) is 19.1. The Morgan fingerprint density at radius 1 is 1.21 bits per heavy atom. The Balaban J connectivity index is 1.20. The number of benzene rings is 1. The van der Waals surface area contributed by atoms with Gasteiger partial charge in [0, 0.05) is 43.0 Å². The summed E-state index contributed by atoms with van der Waals surface area (Å²) in [5, 5.41) is 25.5. The van der Waals surface area contributed by atoms with Crippen LogP contribution in [0.5, 0.6) is 5.75 Å². The molecule has 2 unspecified atom stereocenters. The lowest BCUT2D eigenvalue weighted by atomic mass is 9.52. The Morgan fingerprint density at radius 3 is 2.48 bits per heavy atom. The van der Waals surface area contributed by atoms with Gasteiger partial charge in [-0.25, -0.2) is 0 Å². The summed E-state index contributed by atoms with van der Waals surface area (Å²) in [6.07, 6.45) is 7.81. The van der Waals surface area contributed by atoms with Gasteiger partial charge in [-0.05, 0) is 68.8 Å². The molecular formula is C22H31N3O4.